The highest BCUT2D eigenvalue weighted by Gasteiger charge is 2.31. The topological polar surface area (TPSA) is 71.3 Å². The van der Waals surface area contributed by atoms with Crippen molar-refractivity contribution in [2.75, 3.05) is 0 Å². The number of aryl methyl sites for hydroxylation is 1. The molecule has 0 spiro atoms. The molecule has 1 aliphatic carbocycles. The molecule has 5 nitrogen and oxygen atoms in total. The largest absolute Gasteiger partial charge is 0.481 e. The average Bonchev–Trinajstić information content (AvgIpc) is 2.64. The van der Waals surface area contributed by atoms with Crippen molar-refractivity contribution in [2.45, 2.75) is 65.5 Å². The molecule has 1 aliphatic rings. The fourth-order valence-electron chi connectivity index (χ4n) is 3.54. The number of hydrogen-bond donors (Lipinski definition) is 2. The van der Waals surface area contributed by atoms with Crippen molar-refractivity contribution in [1.82, 2.24) is 9.88 Å². The number of aliphatic carboxylic acids is 1. The lowest BCUT2D eigenvalue weighted by atomic mass is 9.94. The number of carboxylic acid groups (broad SMARTS) is 1. The number of rotatable bonds is 4. The van der Waals surface area contributed by atoms with Crippen LogP contribution in [0, 0.1) is 19.8 Å². The minimum atomic E-state index is -0.800. The molecule has 2 atom stereocenters. The minimum Gasteiger partial charge on any atom is -0.481 e. The highest BCUT2D eigenvalue weighted by Crippen LogP contribution is 2.24. The van der Waals surface area contributed by atoms with Gasteiger partial charge in [-0.1, -0.05) is 19.3 Å². The zero-order valence-electron chi connectivity index (χ0n) is 13.7. The molecular formula is C17H26N2O3. The Labute approximate surface area is 131 Å². The predicted molar refractivity (Wildman–Crippen MR) is 85.0 cm³/mol. The van der Waals surface area contributed by atoms with Crippen LogP contribution in [0.25, 0.3) is 0 Å². The van der Waals surface area contributed by atoms with Gasteiger partial charge in [-0.05, 0) is 39.7 Å². The smallest absolute Gasteiger partial charge is 0.308 e. The van der Waals surface area contributed by atoms with E-state index in [0.717, 1.165) is 43.6 Å². The highest BCUT2D eigenvalue weighted by molar-refractivity contribution is 5.96. The quantitative estimate of drug-likeness (QED) is 0.840. The van der Waals surface area contributed by atoms with Gasteiger partial charge in [0.25, 0.3) is 5.91 Å². The summed E-state index contributed by atoms with van der Waals surface area (Å²) in [6.45, 7) is 6.80. The lowest BCUT2D eigenvalue weighted by Crippen LogP contribution is -2.43. The molecule has 22 heavy (non-hydrogen) atoms. The van der Waals surface area contributed by atoms with Crippen molar-refractivity contribution in [3.05, 3.63) is 23.0 Å². The van der Waals surface area contributed by atoms with Gasteiger partial charge in [0.15, 0.2) is 0 Å². The van der Waals surface area contributed by atoms with E-state index in [-0.39, 0.29) is 11.9 Å². The van der Waals surface area contributed by atoms with Crippen molar-refractivity contribution in [3.63, 3.8) is 0 Å². The zero-order chi connectivity index (χ0) is 16.3. The number of carbonyl (C=O) groups is 2. The van der Waals surface area contributed by atoms with Crippen LogP contribution in [0.1, 0.15) is 60.8 Å². The van der Waals surface area contributed by atoms with Gasteiger partial charge in [0.1, 0.15) is 0 Å². The van der Waals surface area contributed by atoms with Crippen LogP contribution in [-0.2, 0) is 11.3 Å². The number of nitrogens with zero attached hydrogens (tertiary/aromatic N) is 1. The summed E-state index contributed by atoms with van der Waals surface area (Å²) in [7, 11) is 0. The van der Waals surface area contributed by atoms with Crippen molar-refractivity contribution in [1.29, 1.82) is 0 Å². The molecule has 2 rings (SSSR count). The van der Waals surface area contributed by atoms with E-state index in [1.807, 2.05) is 26.8 Å². The first-order chi connectivity index (χ1) is 10.5. The normalized spacial score (nSPS) is 22.1. The number of nitrogens with one attached hydrogen (secondary N) is 1. The average molecular weight is 306 g/mol. The first-order valence-electron chi connectivity index (χ1n) is 8.16. The first kappa shape index (κ1) is 16.6. The van der Waals surface area contributed by atoms with E-state index in [2.05, 4.69) is 9.88 Å². The standard InChI is InChI=1S/C17H26N2O3/c1-4-19-11(2)10-14(12(19)3)16(20)18-15-9-7-5-6-8-13(15)17(21)22/h10,13,15H,4-9H2,1-3H3,(H,18,20)(H,21,22)/t13-,15+/m1/s1. The number of carboxylic acids is 1. The molecular weight excluding hydrogens is 280 g/mol. The molecule has 0 aromatic carbocycles. The Morgan fingerprint density at radius 3 is 2.55 bits per heavy atom. The third-order valence-corrected chi connectivity index (χ3v) is 4.78. The molecule has 1 saturated carbocycles. The van der Waals surface area contributed by atoms with Crippen molar-refractivity contribution < 1.29 is 14.7 Å². The molecule has 0 bridgehead atoms. The number of hydrogen-bond acceptors (Lipinski definition) is 2. The summed E-state index contributed by atoms with van der Waals surface area (Å²) in [6.07, 6.45) is 4.33. The van der Waals surface area contributed by atoms with E-state index >= 15 is 0 Å². The summed E-state index contributed by atoms with van der Waals surface area (Å²) >= 11 is 0. The van der Waals surface area contributed by atoms with Gasteiger partial charge in [-0.3, -0.25) is 9.59 Å². The van der Waals surface area contributed by atoms with Crippen molar-refractivity contribution in [3.8, 4) is 0 Å². The van der Waals surface area contributed by atoms with Crippen LogP contribution < -0.4 is 5.32 Å². The van der Waals surface area contributed by atoms with Gasteiger partial charge in [0.05, 0.1) is 11.5 Å². The zero-order valence-corrected chi connectivity index (χ0v) is 13.7. The van der Waals surface area contributed by atoms with E-state index in [1.165, 1.54) is 0 Å². The van der Waals surface area contributed by atoms with Crippen LogP contribution in [0.5, 0.6) is 0 Å². The molecule has 1 aromatic heterocycles. The molecule has 2 N–H and O–H groups in total. The van der Waals surface area contributed by atoms with Crippen LogP contribution in [0.2, 0.25) is 0 Å². The summed E-state index contributed by atoms with van der Waals surface area (Å²) < 4.78 is 2.09. The highest BCUT2D eigenvalue weighted by atomic mass is 16.4. The molecule has 1 heterocycles. The summed E-state index contributed by atoms with van der Waals surface area (Å²) in [6, 6.07) is 1.62. The lowest BCUT2D eigenvalue weighted by Gasteiger charge is -2.22. The van der Waals surface area contributed by atoms with Crippen LogP contribution in [0.3, 0.4) is 0 Å². The van der Waals surface area contributed by atoms with E-state index in [4.69, 9.17) is 0 Å². The Morgan fingerprint density at radius 1 is 1.27 bits per heavy atom. The van der Waals surface area contributed by atoms with E-state index < -0.39 is 11.9 Å². The molecule has 0 radical (unpaired) electrons. The molecule has 0 saturated heterocycles. The van der Waals surface area contributed by atoms with Gasteiger partial charge in [-0.15, -0.1) is 0 Å². The Balaban J connectivity index is 2.17. The maximum absolute atomic E-state index is 12.6. The summed E-state index contributed by atoms with van der Waals surface area (Å²) in [5, 5.41) is 12.4. The van der Waals surface area contributed by atoms with Gasteiger partial charge < -0.3 is 15.0 Å². The van der Waals surface area contributed by atoms with Crippen molar-refractivity contribution in [2.24, 2.45) is 5.92 Å². The van der Waals surface area contributed by atoms with E-state index in [1.54, 1.807) is 0 Å². The summed E-state index contributed by atoms with van der Waals surface area (Å²) in [5.41, 5.74) is 2.66. The molecule has 0 unspecified atom stereocenters. The molecule has 1 fully saturated rings. The lowest BCUT2D eigenvalue weighted by molar-refractivity contribution is -0.142. The number of aromatic nitrogens is 1. The van der Waals surface area contributed by atoms with Crippen LogP contribution >= 0.6 is 0 Å². The molecule has 1 amide bonds. The summed E-state index contributed by atoms with van der Waals surface area (Å²) in [4.78, 5) is 24.0. The van der Waals surface area contributed by atoms with Crippen LogP contribution in [0.4, 0.5) is 0 Å². The maximum atomic E-state index is 12.6. The van der Waals surface area contributed by atoms with E-state index in [0.29, 0.717) is 12.0 Å². The molecule has 122 valence electrons. The van der Waals surface area contributed by atoms with Gasteiger partial charge in [0.2, 0.25) is 0 Å². The van der Waals surface area contributed by atoms with Crippen LogP contribution in [0.15, 0.2) is 6.07 Å². The number of amides is 1. The monoisotopic (exact) mass is 306 g/mol. The third kappa shape index (κ3) is 3.34. The van der Waals surface area contributed by atoms with E-state index in [9.17, 15) is 14.7 Å². The minimum absolute atomic E-state index is 0.147. The van der Waals surface area contributed by atoms with Crippen molar-refractivity contribution >= 4 is 11.9 Å². The van der Waals surface area contributed by atoms with Gasteiger partial charge in [-0.2, -0.15) is 0 Å². The second kappa shape index (κ2) is 6.99. The molecule has 0 aliphatic heterocycles. The first-order valence-corrected chi connectivity index (χ1v) is 8.16. The molecule has 1 aromatic rings. The fraction of sp³-hybridized carbons (Fsp3) is 0.647. The van der Waals surface area contributed by atoms with Crippen LogP contribution in [-0.4, -0.2) is 27.6 Å². The predicted octanol–water partition coefficient (Wildman–Crippen LogP) is 2.89. The fourth-order valence-corrected chi connectivity index (χ4v) is 3.54. The summed E-state index contributed by atoms with van der Waals surface area (Å²) in [5.74, 6) is -1.42. The molecule has 5 heteroatoms. The Kier molecular flexibility index (Phi) is 5.27. The third-order valence-electron chi connectivity index (χ3n) is 4.78. The Morgan fingerprint density at radius 2 is 1.95 bits per heavy atom. The second-order valence-corrected chi connectivity index (χ2v) is 6.19. The Bertz CT molecular complexity index is 562. The van der Waals surface area contributed by atoms with Gasteiger partial charge in [-0.25, -0.2) is 0 Å². The maximum Gasteiger partial charge on any atom is 0.308 e. The SMILES string of the molecule is CCn1c(C)cc(C(=O)N[C@H]2CCCCC[C@H]2C(=O)O)c1C. The van der Waals surface area contributed by atoms with Gasteiger partial charge in [0, 0.05) is 24.0 Å². The second-order valence-electron chi connectivity index (χ2n) is 6.19. The number of carbonyl (C=O) groups excluding carboxylic acids is 1. The Hall–Kier alpha value is -1.78. The van der Waals surface area contributed by atoms with Gasteiger partial charge >= 0.3 is 5.97 Å².